The van der Waals surface area contributed by atoms with Crippen LogP contribution in [0.2, 0.25) is 0 Å². The largest absolute Gasteiger partial charge is 0.443 e. The SMILES string of the molecule is Cc1ccnc(N(C(=O)OC(C)(C)C)c2cccc(C(F)(F)F)c2F)c1. The first kappa shape index (κ1) is 19.7. The molecule has 140 valence electrons. The maximum absolute atomic E-state index is 14.6. The van der Waals surface area contributed by atoms with Gasteiger partial charge in [-0.1, -0.05) is 6.07 Å². The van der Waals surface area contributed by atoms with Crippen molar-refractivity contribution < 1.29 is 27.1 Å². The molecule has 1 amide bonds. The molecule has 1 aromatic heterocycles. The predicted molar refractivity (Wildman–Crippen MR) is 88.7 cm³/mol. The number of rotatable bonds is 2. The van der Waals surface area contributed by atoms with E-state index in [9.17, 15) is 22.4 Å². The summed E-state index contributed by atoms with van der Waals surface area (Å²) >= 11 is 0. The van der Waals surface area contributed by atoms with Gasteiger partial charge in [0, 0.05) is 6.20 Å². The van der Waals surface area contributed by atoms with E-state index in [2.05, 4.69) is 4.98 Å². The molecular formula is C18H18F4N2O2. The van der Waals surface area contributed by atoms with Gasteiger partial charge in [0.1, 0.15) is 11.4 Å². The van der Waals surface area contributed by atoms with Gasteiger partial charge in [0.25, 0.3) is 0 Å². The molecule has 0 spiro atoms. The molecule has 0 radical (unpaired) electrons. The van der Waals surface area contributed by atoms with Crippen LogP contribution in [0.5, 0.6) is 0 Å². The molecule has 0 fully saturated rings. The van der Waals surface area contributed by atoms with E-state index in [-0.39, 0.29) is 5.82 Å². The molecular weight excluding hydrogens is 352 g/mol. The van der Waals surface area contributed by atoms with E-state index >= 15 is 0 Å². The van der Waals surface area contributed by atoms with Crippen molar-refractivity contribution in [3.8, 4) is 0 Å². The molecule has 0 saturated heterocycles. The molecule has 0 bridgehead atoms. The zero-order valence-electron chi connectivity index (χ0n) is 14.7. The first-order valence-corrected chi connectivity index (χ1v) is 7.71. The summed E-state index contributed by atoms with van der Waals surface area (Å²) in [4.78, 5) is 17.3. The molecule has 2 rings (SSSR count). The fourth-order valence-electron chi connectivity index (χ4n) is 2.18. The molecule has 0 N–H and O–H groups in total. The Labute approximate surface area is 148 Å². The van der Waals surface area contributed by atoms with Gasteiger partial charge in [-0.3, -0.25) is 0 Å². The molecule has 26 heavy (non-hydrogen) atoms. The average Bonchev–Trinajstić information content (AvgIpc) is 2.46. The highest BCUT2D eigenvalue weighted by atomic mass is 19.4. The summed E-state index contributed by atoms with van der Waals surface area (Å²) in [6.45, 7) is 6.49. The fourth-order valence-corrected chi connectivity index (χ4v) is 2.18. The molecule has 0 atom stereocenters. The van der Waals surface area contributed by atoms with Crippen molar-refractivity contribution in [1.29, 1.82) is 0 Å². The van der Waals surface area contributed by atoms with Crippen LogP contribution in [-0.4, -0.2) is 16.7 Å². The number of anilines is 2. The number of ether oxygens (including phenoxy) is 1. The number of benzene rings is 1. The third kappa shape index (κ3) is 4.50. The number of aryl methyl sites for hydroxylation is 1. The minimum absolute atomic E-state index is 0.0440. The lowest BCUT2D eigenvalue weighted by Crippen LogP contribution is -2.35. The van der Waals surface area contributed by atoms with Crippen molar-refractivity contribution in [2.24, 2.45) is 0 Å². The number of carbonyl (C=O) groups excluding carboxylic acids is 1. The number of pyridine rings is 1. The van der Waals surface area contributed by atoms with Gasteiger partial charge in [0.05, 0.1) is 11.3 Å². The summed E-state index contributed by atoms with van der Waals surface area (Å²) in [5.41, 5.74) is -2.31. The first-order valence-electron chi connectivity index (χ1n) is 7.71. The highest BCUT2D eigenvalue weighted by Gasteiger charge is 2.37. The van der Waals surface area contributed by atoms with Crippen LogP contribution in [0, 0.1) is 12.7 Å². The Kier molecular flexibility index (Phi) is 5.25. The lowest BCUT2D eigenvalue weighted by atomic mass is 10.1. The minimum Gasteiger partial charge on any atom is -0.443 e. The maximum atomic E-state index is 14.6. The third-order valence-electron chi connectivity index (χ3n) is 3.23. The lowest BCUT2D eigenvalue weighted by molar-refractivity contribution is -0.139. The molecule has 4 nitrogen and oxygen atoms in total. The smallest absolute Gasteiger partial charge is 0.420 e. The van der Waals surface area contributed by atoms with E-state index in [0.29, 0.717) is 16.5 Å². The fraction of sp³-hybridized carbons (Fsp3) is 0.333. The average molecular weight is 370 g/mol. The van der Waals surface area contributed by atoms with Gasteiger partial charge in [-0.05, 0) is 57.5 Å². The summed E-state index contributed by atoms with van der Waals surface area (Å²) in [6.07, 6.45) is -4.57. The quantitative estimate of drug-likeness (QED) is 0.644. The monoisotopic (exact) mass is 370 g/mol. The van der Waals surface area contributed by atoms with Crippen molar-refractivity contribution in [3.05, 3.63) is 53.5 Å². The Bertz CT molecular complexity index is 814. The number of carbonyl (C=O) groups is 1. The molecule has 1 heterocycles. The van der Waals surface area contributed by atoms with E-state index in [0.717, 1.165) is 12.1 Å². The van der Waals surface area contributed by atoms with Crippen LogP contribution in [0.3, 0.4) is 0 Å². The molecule has 0 unspecified atom stereocenters. The number of amides is 1. The maximum Gasteiger partial charge on any atom is 0.420 e. The van der Waals surface area contributed by atoms with Crippen LogP contribution in [-0.2, 0) is 10.9 Å². The molecule has 0 aliphatic rings. The zero-order chi connectivity index (χ0) is 19.7. The van der Waals surface area contributed by atoms with Gasteiger partial charge < -0.3 is 4.74 Å². The predicted octanol–water partition coefficient (Wildman–Crippen LogP) is 5.62. The number of aromatic nitrogens is 1. The van der Waals surface area contributed by atoms with Crippen molar-refractivity contribution in [3.63, 3.8) is 0 Å². The molecule has 8 heteroatoms. The van der Waals surface area contributed by atoms with Gasteiger partial charge in [-0.2, -0.15) is 13.2 Å². The van der Waals surface area contributed by atoms with Crippen LogP contribution in [0.25, 0.3) is 0 Å². The standard InChI is InChI=1S/C18H18F4N2O2/c1-11-8-9-23-14(10-11)24(16(25)26-17(2,3)4)13-7-5-6-12(15(13)19)18(20,21)22/h5-10H,1-4H3. The molecule has 2 aromatic rings. The molecule has 1 aromatic carbocycles. The van der Waals surface area contributed by atoms with Gasteiger partial charge in [0.2, 0.25) is 0 Å². The summed E-state index contributed by atoms with van der Waals surface area (Å²) in [5, 5.41) is 0. The van der Waals surface area contributed by atoms with E-state index in [1.165, 1.54) is 12.3 Å². The number of nitrogens with zero attached hydrogens (tertiary/aromatic N) is 2. The normalized spacial score (nSPS) is 12.0. The van der Waals surface area contributed by atoms with Gasteiger partial charge in [-0.25, -0.2) is 19.1 Å². The zero-order valence-corrected chi connectivity index (χ0v) is 14.7. The van der Waals surface area contributed by atoms with Crippen LogP contribution >= 0.6 is 0 Å². The topological polar surface area (TPSA) is 42.4 Å². The third-order valence-corrected chi connectivity index (χ3v) is 3.23. The van der Waals surface area contributed by atoms with Crippen molar-refractivity contribution in [2.75, 3.05) is 4.90 Å². The highest BCUT2D eigenvalue weighted by Crippen LogP contribution is 2.37. The van der Waals surface area contributed by atoms with Crippen molar-refractivity contribution >= 4 is 17.6 Å². The molecule has 0 saturated carbocycles. The number of alkyl halides is 3. The summed E-state index contributed by atoms with van der Waals surface area (Å²) < 4.78 is 59.0. The second-order valence-corrected chi connectivity index (χ2v) is 6.64. The lowest BCUT2D eigenvalue weighted by Gasteiger charge is -2.27. The summed E-state index contributed by atoms with van der Waals surface area (Å²) in [6, 6.07) is 5.78. The number of hydrogen-bond donors (Lipinski definition) is 0. The Morgan fingerprint density at radius 2 is 1.81 bits per heavy atom. The number of halogens is 4. The Balaban J connectivity index is 2.64. The van der Waals surface area contributed by atoms with Gasteiger partial charge in [0.15, 0.2) is 5.82 Å². The van der Waals surface area contributed by atoms with Crippen molar-refractivity contribution in [1.82, 2.24) is 4.98 Å². The van der Waals surface area contributed by atoms with E-state index in [1.54, 1.807) is 33.8 Å². The summed E-state index contributed by atoms with van der Waals surface area (Å²) in [5.74, 6) is -1.62. The van der Waals surface area contributed by atoms with E-state index < -0.39 is 34.9 Å². The van der Waals surface area contributed by atoms with Gasteiger partial charge in [-0.15, -0.1) is 0 Å². The van der Waals surface area contributed by atoms with Gasteiger partial charge >= 0.3 is 12.3 Å². The second kappa shape index (κ2) is 6.93. The Morgan fingerprint density at radius 3 is 2.35 bits per heavy atom. The van der Waals surface area contributed by atoms with E-state index in [4.69, 9.17) is 4.74 Å². The Hall–Kier alpha value is -2.64. The first-order chi connectivity index (χ1) is 11.9. The molecule has 0 aliphatic carbocycles. The van der Waals surface area contributed by atoms with Crippen LogP contribution in [0.1, 0.15) is 31.9 Å². The van der Waals surface area contributed by atoms with Crippen LogP contribution in [0.4, 0.5) is 33.9 Å². The van der Waals surface area contributed by atoms with Crippen LogP contribution < -0.4 is 4.90 Å². The van der Waals surface area contributed by atoms with E-state index in [1.807, 2.05) is 0 Å². The van der Waals surface area contributed by atoms with Crippen molar-refractivity contribution in [2.45, 2.75) is 39.5 Å². The molecule has 0 aliphatic heterocycles. The second-order valence-electron chi connectivity index (χ2n) is 6.64. The minimum atomic E-state index is -4.90. The number of hydrogen-bond acceptors (Lipinski definition) is 3. The Morgan fingerprint density at radius 1 is 1.15 bits per heavy atom. The summed E-state index contributed by atoms with van der Waals surface area (Å²) in [7, 11) is 0. The van der Waals surface area contributed by atoms with Crippen LogP contribution in [0.15, 0.2) is 36.5 Å². The highest BCUT2D eigenvalue weighted by molar-refractivity contribution is 5.95.